The Morgan fingerprint density at radius 3 is 2.47 bits per heavy atom. The average molecular weight is 243 g/mol. The minimum absolute atomic E-state index is 0.0748. The van der Waals surface area contributed by atoms with Gasteiger partial charge in [0.25, 0.3) is 0 Å². The molecule has 90 valence electrons. The number of halogens is 3. The lowest BCUT2D eigenvalue weighted by molar-refractivity contribution is -0.137. The molecular formula is C9H8F3N5. The summed E-state index contributed by atoms with van der Waals surface area (Å²) in [5, 5.41) is 3.66. The zero-order valence-corrected chi connectivity index (χ0v) is 8.44. The predicted octanol–water partition coefficient (Wildman–Crippen LogP) is 1.45. The second-order valence-corrected chi connectivity index (χ2v) is 3.27. The Kier molecular flexibility index (Phi) is 2.41. The van der Waals surface area contributed by atoms with E-state index < -0.39 is 17.6 Å². The molecule has 4 N–H and O–H groups in total. The summed E-state index contributed by atoms with van der Waals surface area (Å²) in [6.45, 7) is 0. The third-order valence-electron chi connectivity index (χ3n) is 2.13. The Labute approximate surface area is 93.9 Å². The van der Waals surface area contributed by atoms with Gasteiger partial charge in [0.15, 0.2) is 11.6 Å². The minimum Gasteiger partial charge on any atom is -0.394 e. The first kappa shape index (κ1) is 11.2. The smallest absolute Gasteiger partial charge is 0.394 e. The number of nitrogen functional groups attached to an aromatic ring is 2. The normalized spacial score (nSPS) is 11.7. The summed E-state index contributed by atoms with van der Waals surface area (Å²) in [6, 6.07) is 2.09. The van der Waals surface area contributed by atoms with Gasteiger partial charge in [0.1, 0.15) is 5.56 Å². The van der Waals surface area contributed by atoms with E-state index >= 15 is 0 Å². The number of nitrogens with two attached hydrogens (primary N) is 2. The highest BCUT2D eigenvalue weighted by atomic mass is 19.4. The summed E-state index contributed by atoms with van der Waals surface area (Å²) < 4.78 is 39.0. The highest BCUT2D eigenvalue weighted by Crippen LogP contribution is 2.33. The van der Waals surface area contributed by atoms with Crippen LogP contribution < -0.4 is 11.5 Å². The van der Waals surface area contributed by atoms with Crippen LogP contribution in [0.25, 0.3) is 5.82 Å². The van der Waals surface area contributed by atoms with Gasteiger partial charge in [-0.3, -0.25) is 0 Å². The summed E-state index contributed by atoms with van der Waals surface area (Å²) >= 11 is 0. The molecular weight excluding hydrogens is 235 g/mol. The molecule has 0 unspecified atom stereocenters. The molecule has 5 nitrogen and oxygen atoms in total. The molecule has 17 heavy (non-hydrogen) atoms. The van der Waals surface area contributed by atoms with Crippen LogP contribution in [0, 0.1) is 0 Å². The maximum atomic E-state index is 12.7. The van der Waals surface area contributed by atoms with Crippen LogP contribution in [-0.2, 0) is 6.18 Å². The third-order valence-corrected chi connectivity index (χ3v) is 2.13. The zero-order valence-electron chi connectivity index (χ0n) is 8.44. The van der Waals surface area contributed by atoms with Crippen LogP contribution in [0.4, 0.5) is 24.7 Å². The number of hydrogen-bond donors (Lipinski definition) is 2. The average Bonchev–Trinajstić information content (AvgIpc) is 2.59. The van der Waals surface area contributed by atoms with E-state index in [0.29, 0.717) is 0 Å². The fourth-order valence-electron chi connectivity index (χ4n) is 1.33. The number of aromatic nitrogens is 3. The van der Waals surface area contributed by atoms with Crippen molar-refractivity contribution in [2.24, 2.45) is 0 Å². The molecule has 0 aromatic carbocycles. The van der Waals surface area contributed by atoms with Crippen molar-refractivity contribution in [3.63, 3.8) is 0 Å². The van der Waals surface area contributed by atoms with Crippen molar-refractivity contribution in [2.45, 2.75) is 6.18 Å². The van der Waals surface area contributed by atoms with Crippen molar-refractivity contribution in [1.82, 2.24) is 14.8 Å². The number of nitrogens with zero attached hydrogens (tertiary/aromatic N) is 3. The van der Waals surface area contributed by atoms with E-state index in [9.17, 15) is 13.2 Å². The van der Waals surface area contributed by atoms with Gasteiger partial charge in [-0.25, -0.2) is 4.98 Å². The van der Waals surface area contributed by atoms with Crippen LogP contribution in [0.3, 0.4) is 0 Å². The SMILES string of the molecule is Nc1cnn(-c2ncccc2C(F)(F)F)c1N. The molecule has 2 rings (SSSR count). The standard InChI is InChI=1S/C9H8F3N5/c10-9(11,12)5-2-1-3-15-8(5)17-7(14)6(13)4-16-17/h1-4H,13-14H2. The fourth-order valence-corrected chi connectivity index (χ4v) is 1.33. The van der Waals surface area contributed by atoms with Gasteiger partial charge in [-0.05, 0) is 12.1 Å². The highest BCUT2D eigenvalue weighted by Gasteiger charge is 2.35. The monoisotopic (exact) mass is 243 g/mol. The van der Waals surface area contributed by atoms with Crippen molar-refractivity contribution >= 4 is 11.5 Å². The van der Waals surface area contributed by atoms with E-state index in [-0.39, 0.29) is 11.5 Å². The van der Waals surface area contributed by atoms with Crippen LogP contribution >= 0.6 is 0 Å². The largest absolute Gasteiger partial charge is 0.420 e. The fraction of sp³-hybridized carbons (Fsp3) is 0.111. The first-order chi connectivity index (χ1) is 7.91. The van der Waals surface area contributed by atoms with Crippen molar-refractivity contribution in [3.05, 3.63) is 30.1 Å². The van der Waals surface area contributed by atoms with E-state index in [1.165, 1.54) is 18.5 Å². The Morgan fingerprint density at radius 2 is 1.94 bits per heavy atom. The first-order valence-electron chi connectivity index (χ1n) is 4.53. The van der Waals surface area contributed by atoms with Crippen LogP contribution in [0.2, 0.25) is 0 Å². The molecule has 0 spiro atoms. The summed E-state index contributed by atoms with van der Waals surface area (Å²) in [4.78, 5) is 3.63. The maximum absolute atomic E-state index is 12.7. The van der Waals surface area contributed by atoms with Crippen LogP contribution in [0.1, 0.15) is 5.56 Å². The Morgan fingerprint density at radius 1 is 1.24 bits per heavy atom. The van der Waals surface area contributed by atoms with Crippen molar-refractivity contribution < 1.29 is 13.2 Å². The molecule has 0 aliphatic heterocycles. The number of anilines is 2. The molecule has 0 saturated carbocycles. The molecule has 2 heterocycles. The van der Waals surface area contributed by atoms with E-state index in [1.54, 1.807) is 0 Å². The maximum Gasteiger partial charge on any atom is 0.420 e. The van der Waals surface area contributed by atoms with Crippen molar-refractivity contribution in [2.75, 3.05) is 11.5 Å². The summed E-state index contributed by atoms with van der Waals surface area (Å²) in [6.07, 6.45) is -2.14. The van der Waals surface area contributed by atoms with Gasteiger partial charge in [-0.15, -0.1) is 0 Å². The van der Waals surface area contributed by atoms with Crippen LogP contribution in [-0.4, -0.2) is 14.8 Å². The predicted molar refractivity (Wildman–Crippen MR) is 55.2 cm³/mol. The summed E-state index contributed by atoms with van der Waals surface area (Å²) in [5.41, 5.74) is 10.1. The number of rotatable bonds is 1. The Hall–Kier alpha value is -2.25. The Bertz CT molecular complexity index is 546. The molecule has 8 heteroatoms. The lowest BCUT2D eigenvalue weighted by Crippen LogP contribution is -2.14. The van der Waals surface area contributed by atoms with Crippen LogP contribution in [0.15, 0.2) is 24.5 Å². The molecule has 0 bridgehead atoms. The lowest BCUT2D eigenvalue weighted by Gasteiger charge is -2.12. The van der Waals surface area contributed by atoms with E-state index in [4.69, 9.17) is 11.5 Å². The molecule has 0 aliphatic rings. The van der Waals surface area contributed by atoms with E-state index in [0.717, 1.165) is 10.7 Å². The Balaban J connectivity index is 2.64. The summed E-state index contributed by atoms with van der Waals surface area (Å²) in [5.74, 6) is -0.469. The van der Waals surface area contributed by atoms with Gasteiger partial charge in [0.05, 0.1) is 11.9 Å². The molecule has 2 aromatic rings. The van der Waals surface area contributed by atoms with Gasteiger partial charge >= 0.3 is 6.18 Å². The second kappa shape index (κ2) is 3.65. The molecule has 0 fully saturated rings. The lowest BCUT2D eigenvalue weighted by atomic mass is 10.2. The van der Waals surface area contributed by atoms with Gasteiger partial charge < -0.3 is 11.5 Å². The van der Waals surface area contributed by atoms with Gasteiger partial charge in [0.2, 0.25) is 0 Å². The third kappa shape index (κ3) is 1.88. The number of hydrogen-bond acceptors (Lipinski definition) is 4. The van der Waals surface area contributed by atoms with Gasteiger partial charge in [-0.1, -0.05) is 0 Å². The molecule has 2 aromatic heterocycles. The minimum atomic E-state index is -4.53. The van der Waals surface area contributed by atoms with Crippen LogP contribution in [0.5, 0.6) is 0 Å². The topological polar surface area (TPSA) is 82.8 Å². The molecule has 0 radical (unpaired) electrons. The first-order valence-corrected chi connectivity index (χ1v) is 4.53. The molecule has 0 saturated heterocycles. The molecule has 0 atom stereocenters. The van der Waals surface area contributed by atoms with Crippen molar-refractivity contribution in [3.8, 4) is 5.82 Å². The quantitative estimate of drug-likeness (QED) is 0.794. The second-order valence-electron chi connectivity index (χ2n) is 3.27. The summed E-state index contributed by atoms with van der Waals surface area (Å²) in [7, 11) is 0. The van der Waals surface area contributed by atoms with Gasteiger partial charge in [-0.2, -0.15) is 23.0 Å². The number of pyridine rings is 1. The highest BCUT2D eigenvalue weighted by molar-refractivity contribution is 5.60. The molecule has 0 aliphatic carbocycles. The zero-order chi connectivity index (χ0) is 12.6. The number of alkyl halides is 3. The van der Waals surface area contributed by atoms with Crippen molar-refractivity contribution in [1.29, 1.82) is 0 Å². The van der Waals surface area contributed by atoms with Gasteiger partial charge in [0, 0.05) is 6.20 Å². The molecule has 0 amide bonds. The van der Waals surface area contributed by atoms with E-state index in [2.05, 4.69) is 10.1 Å². The van der Waals surface area contributed by atoms with E-state index in [1.807, 2.05) is 0 Å².